The third-order valence-corrected chi connectivity index (χ3v) is 5.10. The van der Waals surface area contributed by atoms with Crippen LogP contribution in [0.3, 0.4) is 0 Å². The van der Waals surface area contributed by atoms with E-state index in [0.29, 0.717) is 5.92 Å². The number of hydrogen-bond donors (Lipinski definition) is 1. The first-order valence-electron chi connectivity index (χ1n) is 8.14. The van der Waals surface area contributed by atoms with Crippen LogP contribution < -0.4 is 5.73 Å². The molecule has 114 valence electrons. The van der Waals surface area contributed by atoms with E-state index < -0.39 is 0 Å². The molecule has 2 rings (SSSR count). The molecular formula is C16H28ClN3. The molecule has 2 N–H and O–H groups in total. The van der Waals surface area contributed by atoms with Gasteiger partial charge in [-0.15, -0.1) is 0 Å². The fourth-order valence-electron chi connectivity index (χ4n) is 3.51. The van der Waals surface area contributed by atoms with Crippen LogP contribution in [0.1, 0.15) is 70.5 Å². The Morgan fingerprint density at radius 2 is 2.05 bits per heavy atom. The minimum Gasteiger partial charge on any atom is -0.322 e. The van der Waals surface area contributed by atoms with Crippen molar-refractivity contribution in [1.29, 1.82) is 0 Å². The van der Waals surface area contributed by atoms with Crippen LogP contribution in [0.25, 0.3) is 0 Å². The van der Waals surface area contributed by atoms with E-state index >= 15 is 0 Å². The predicted molar refractivity (Wildman–Crippen MR) is 84.8 cm³/mol. The van der Waals surface area contributed by atoms with Crippen LogP contribution in [0.2, 0.25) is 5.02 Å². The van der Waals surface area contributed by atoms with E-state index in [1.54, 1.807) is 6.20 Å². The molecular weight excluding hydrogens is 270 g/mol. The van der Waals surface area contributed by atoms with Gasteiger partial charge >= 0.3 is 0 Å². The molecule has 3 nitrogen and oxygen atoms in total. The molecule has 1 fully saturated rings. The third-order valence-electron chi connectivity index (χ3n) is 4.81. The molecule has 0 spiro atoms. The lowest BCUT2D eigenvalue weighted by Crippen LogP contribution is -2.28. The Labute approximate surface area is 127 Å². The zero-order valence-electron chi connectivity index (χ0n) is 12.8. The topological polar surface area (TPSA) is 43.8 Å². The number of aromatic nitrogens is 2. The van der Waals surface area contributed by atoms with E-state index in [1.807, 2.05) is 4.68 Å². The Bertz CT molecular complexity index is 408. The number of rotatable bonds is 6. The van der Waals surface area contributed by atoms with Gasteiger partial charge < -0.3 is 5.73 Å². The van der Waals surface area contributed by atoms with E-state index in [1.165, 1.54) is 44.9 Å². The van der Waals surface area contributed by atoms with E-state index in [2.05, 4.69) is 18.9 Å². The molecule has 1 heterocycles. The molecule has 4 heteroatoms. The van der Waals surface area contributed by atoms with Gasteiger partial charge in [-0.05, 0) is 31.6 Å². The smallest absolute Gasteiger partial charge is 0.0834 e. The van der Waals surface area contributed by atoms with Crippen LogP contribution in [0.5, 0.6) is 0 Å². The minimum atomic E-state index is 0.0390. The number of hydrogen-bond acceptors (Lipinski definition) is 2. The lowest BCUT2D eigenvalue weighted by molar-refractivity contribution is 0.228. The van der Waals surface area contributed by atoms with E-state index in [0.717, 1.165) is 23.2 Å². The quantitative estimate of drug-likeness (QED) is 0.837. The number of halogens is 1. The summed E-state index contributed by atoms with van der Waals surface area (Å²) in [5, 5.41) is 5.04. The second-order valence-corrected chi connectivity index (χ2v) is 6.55. The summed E-state index contributed by atoms with van der Waals surface area (Å²) in [4.78, 5) is 0. The first kappa shape index (κ1) is 15.8. The van der Waals surface area contributed by atoms with Crippen LogP contribution in [0, 0.1) is 11.8 Å². The lowest BCUT2D eigenvalue weighted by atomic mass is 9.76. The normalized spacial score (nSPS) is 24.8. The fraction of sp³-hybridized carbons (Fsp3) is 0.812. The molecule has 1 saturated carbocycles. The molecule has 0 aromatic carbocycles. The Kier molecular flexibility index (Phi) is 5.91. The number of nitrogens with zero attached hydrogens (tertiary/aromatic N) is 2. The van der Waals surface area contributed by atoms with Crippen LogP contribution in [-0.2, 0) is 6.54 Å². The van der Waals surface area contributed by atoms with E-state index in [4.69, 9.17) is 17.3 Å². The zero-order valence-corrected chi connectivity index (χ0v) is 13.6. The van der Waals surface area contributed by atoms with E-state index in [9.17, 15) is 0 Å². The maximum absolute atomic E-state index is 6.49. The first-order chi connectivity index (χ1) is 9.67. The Morgan fingerprint density at radius 3 is 2.65 bits per heavy atom. The van der Waals surface area contributed by atoms with Crippen molar-refractivity contribution < 1.29 is 0 Å². The summed E-state index contributed by atoms with van der Waals surface area (Å²) in [5.74, 6) is 1.48. The molecule has 1 aromatic rings. The Balaban J connectivity index is 1.94. The molecule has 0 amide bonds. The largest absolute Gasteiger partial charge is 0.322 e. The second kappa shape index (κ2) is 7.46. The van der Waals surface area contributed by atoms with Gasteiger partial charge in [-0.2, -0.15) is 5.10 Å². The van der Waals surface area contributed by atoms with E-state index in [-0.39, 0.29) is 6.04 Å². The highest BCUT2D eigenvalue weighted by Gasteiger charge is 2.29. The predicted octanol–water partition coefficient (Wildman–Crippen LogP) is 4.55. The van der Waals surface area contributed by atoms with Crippen LogP contribution in [-0.4, -0.2) is 9.78 Å². The summed E-state index contributed by atoms with van der Waals surface area (Å²) in [6, 6.07) is 0.0390. The summed E-state index contributed by atoms with van der Waals surface area (Å²) in [7, 11) is 0. The average molecular weight is 298 g/mol. The minimum absolute atomic E-state index is 0.0390. The SMILES string of the molecule is CCCCC1CCC(C(N)c2c(Cl)cnn2CC)CC1. The molecule has 1 atom stereocenters. The second-order valence-electron chi connectivity index (χ2n) is 6.14. The summed E-state index contributed by atoms with van der Waals surface area (Å²) in [6.45, 7) is 5.19. The molecule has 0 bridgehead atoms. The molecule has 20 heavy (non-hydrogen) atoms. The van der Waals surface area contributed by atoms with Gasteiger partial charge in [0.05, 0.1) is 23.0 Å². The highest BCUT2D eigenvalue weighted by atomic mass is 35.5. The zero-order chi connectivity index (χ0) is 14.5. The third kappa shape index (κ3) is 3.56. The van der Waals surface area contributed by atoms with Gasteiger partial charge in [0.15, 0.2) is 0 Å². The standard InChI is InChI=1S/C16H28ClN3/c1-3-5-6-12-7-9-13(10-8-12)15(18)16-14(17)11-19-20(16)4-2/h11-13,15H,3-10,18H2,1-2H3. The van der Waals surface area contributed by atoms with Gasteiger partial charge in [-0.1, -0.05) is 50.6 Å². The van der Waals surface area contributed by atoms with Crippen LogP contribution in [0.15, 0.2) is 6.20 Å². The van der Waals surface area contributed by atoms with Gasteiger partial charge in [-0.3, -0.25) is 4.68 Å². The van der Waals surface area contributed by atoms with Crippen LogP contribution in [0.4, 0.5) is 0 Å². The molecule has 1 aromatic heterocycles. The van der Waals surface area contributed by atoms with Crippen molar-refractivity contribution in [2.45, 2.75) is 71.4 Å². The van der Waals surface area contributed by atoms with Gasteiger partial charge in [0.1, 0.15) is 0 Å². The molecule has 1 aliphatic carbocycles. The summed E-state index contributed by atoms with van der Waals surface area (Å²) >= 11 is 6.27. The molecule has 0 aliphatic heterocycles. The highest BCUT2D eigenvalue weighted by Crippen LogP contribution is 2.39. The Hall–Kier alpha value is -0.540. The van der Waals surface area contributed by atoms with Gasteiger partial charge in [-0.25, -0.2) is 0 Å². The van der Waals surface area contributed by atoms with Crippen molar-refractivity contribution >= 4 is 11.6 Å². The van der Waals surface area contributed by atoms with Gasteiger partial charge in [0.2, 0.25) is 0 Å². The van der Waals surface area contributed by atoms with Gasteiger partial charge in [0.25, 0.3) is 0 Å². The monoisotopic (exact) mass is 297 g/mol. The fourth-order valence-corrected chi connectivity index (χ4v) is 3.77. The van der Waals surface area contributed by atoms with Crippen molar-refractivity contribution in [2.75, 3.05) is 0 Å². The van der Waals surface area contributed by atoms with Crippen molar-refractivity contribution in [3.63, 3.8) is 0 Å². The van der Waals surface area contributed by atoms with Crippen molar-refractivity contribution in [1.82, 2.24) is 9.78 Å². The van der Waals surface area contributed by atoms with Crippen LogP contribution >= 0.6 is 11.6 Å². The highest BCUT2D eigenvalue weighted by molar-refractivity contribution is 6.31. The summed E-state index contributed by atoms with van der Waals surface area (Å²) in [5.41, 5.74) is 7.53. The summed E-state index contributed by atoms with van der Waals surface area (Å²) in [6.07, 6.45) is 10.9. The number of aryl methyl sites for hydroxylation is 1. The summed E-state index contributed by atoms with van der Waals surface area (Å²) < 4.78 is 1.95. The Morgan fingerprint density at radius 1 is 1.35 bits per heavy atom. The molecule has 0 saturated heterocycles. The maximum Gasteiger partial charge on any atom is 0.0834 e. The molecule has 1 aliphatic rings. The number of unbranched alkanes of at least 4 members (excludes halogenated alkanes) is 1. The van der Waals surface area contributed by atoms with Crippen molar-refractivity contribution in [3.8, 4) is 0 Å². The maximum atomic E-state index is 6.49. The number of nitrogens with two attached hydrogens (primary N) is 1. The average Bonchev–Trinajstić information content (AvgIpc) is 2.86. The van der Waals surface area contributed by atoms with Crippen molar-refractivity contribution in [3.05, 3.63) is 16.9 Å². The lowest BCUT2D eigenvalue weighted by Gasteiger charge is -2.32. The first-order valence-corrected chi connectivity index (χ1v) is 8.51. The molecule has 0 radical (unpaired) electrons. The molecule has 1 unspecified atom stereocenters. The van der Waals surface area contributed by atoms with Gasteiger partial charge in [0, 0.05) is 6.54 Å². The van der Waals surface area contributed by atoms with Crippen molar-refractivity contribution in [2.24, 2.45) is 17.6 Å².